The van der Waals surface area contributed by atoms with Crippen LogP contribution in [-0.4, -0.2) is 52.8 Å². The van der Waals surface area contributed by atoms with E-state index in [0.717, 1.165) is 16.5 Å². The van der Waals surface area contributed by atoms with Crippen LogP contribution < -0.4 is 0 Å². The van der Waals surface area contributed by atoms with Crippen molar-refractivity contribution in [2.45, 2.75) is 39.5 Å². The summed E-state index contributed by atoms with van der Waals surface area (Å²) in [6, 6.07) is 7.50. The van der Waals surface area contributed by atoms with Gasteiger partial charge in [0.25, 0.3) is 5.78 Å². The van der Waals surface area contributed by atoms with Crippen molar-refractivity contribution in [3.05, 3.63) is 41.6 Å². The molecule has 1 aliphatic rings. The van der Waals surface area contributed by atoms with Crippen LogP contribution in [0.2, 0.25) is 0 Å². The average molecular weight is 411 g/mol. The molecule has 0 radical (unpaired) electrons. The summed E-state index contributed by atoms with van der Waals surface area (Å²) in [5.74, 6) is -1.66. The van der Waals surface area contributed by atoms with Gasteiger partial charge in [-0.1, -0.05) is 25.1 Å². The summed E-state index contributed by atoms with van der Waals surface area (Å²) in [6.45, 7) is 4.18. The Bertz CT molecular complexity index is 1020. The third-order valence-corrected chi connectivity index (χ3v) is 5.77. The summed E-state index contributed by atoms with van der Waals surface area (Å²) < 4.78 is 10.4. The fourth-order valence-electron chi connectivity index (χ4n) is 4.05. The Kier molecular flexibility index (Phi) is 6.47. The van der Waals surface area contributed by atoms with Gasteiger partial charge in [-0.2, -0.15) is 4.79 Å². The van der Waals surface area contributed by atoms with Crippen molar-refractivity contribution in [2.75, 3.05) is 19.7 Å². The molecule has 2 aromatic rings. The van der Waals surface area contributed by atoms with Crippen LogP contribution in [0.4, 0.5) is 0 Å². The highest BCUT2D eigenvalue weighted by atomic mass is 16.5. The summed E-state index contributed by atoms with van der Waals surface area (Å²) >= 11 is 0. The second-order valence-corrected chi connectivity index (χ2v) is 7.48. The molecule has 1 aromatic carbocycles. The van der Waals surface area contributed by atoms with Gasteiger partial charge in [0.05, 0.1) is 24.7 Å². The van der Waals surface area contributed by atoms with Crippen molar-refractivity contribution in [1.82, 2.24) is 4.90 Å². The first-order valence-electron chi connectivity index (χ1n) is 10.1. The second-order valence-electron chi connectivity index (χ2n) is 7.48. The second kappa shape index (κ2) is 9.05. The fraction of sp³-hybridized carbons (Fsp3) is 0.455. The topological polar surface area (TPSA) is 113 Å². The Balaban J connectivity index is 1.79. The molecule has 30 heavy (non-hydrogen) atoms. The van der Waals surface area contributed by atoms with Crippen molar-refractivity contribution in [3.63, 3.8) is 0 Å². The molecule has 8 nitrogen and oxygen atoms in total. The number of para-hydroxylation sites is 1. The first kappa shape index (κ1) is 21.5. The molecule has 2 heterocycles. The van der Waals surface area contributed by atoms with E-state index in [1.807, 2.05) is 31.2 Å². The lowest BCUT2D eigenvalue weighted by Crippen LogP contribution is -2.53. The van der Waals surface area contributed by atoms with Crippen molar-refractivity contribution in [1.29, 1.82) is 0 Å². The SMILES string of the molecule is CCOC(=O)C(=[N+]=[N-])C(=O)[C@@]1(CC)CCCN(C(=O)Cc2coc3ccccc23)C1. The third kappa shape index (κ3) is 4.04. The molecule has 0 bridgehead atoms. The number of amides is 1. The number of ketones is 1. The van der Waals surface area contributed by atoms with Crippen LogP contribution in [0.25, 0.3) is 16.5 Å². The van der Waals surface area contributed by atoms with Gasteiger partial charge in [-0.3, -0.25) is 9.59 Å². The Morgan fingerprint density at radius 2 is 2.03 bits per heavy atom. The Labute approximate surface area is 174 Å². The number of hydrogen-bond acceptors (Lipinski definition) is 5. The third-order valence-electron chi connectivity index (χ3n) is 5.77. The number of carbonyl (C=O) groups is 3. The molecular weight excluding hydrogens is 386 g/mol. The highest BCUT2D eigenvalue weighted by Crippen LogP contribution is 2.35. The van der Waals surface area contributed by atoms with Crippen LogP contribution in [0.5, 0.6) is 0 Å². The molecule has 0 aliphatic carbocycles. The predicted octanol–water partition coefficient (Wildman–Crippen LogP) is 2.80. The molecule has 0 spiro atoms. The summed E-state index contributed by atoms with van der Waals surface area (Å²) in [4.78, 5) is 42.7. The van der Waals surface area contributed by atoms with Gasteiger partial charge in [-0.25, -0.2) is 4.79 Å². The number of ether oxygens (including phenoxy) is 1. The number of Topliss-reactive ketones (excluding diaryl/α,β-unsaturated/α-hetero) is 1. The minimum atomic E-state index is -0.985. The molecule has 3 rings (SSSR count). The molecule has 1 atom stereocenters. The van der Waals surface area contributed by atoms with Crippen molar-refractivity contribution in [2.24, 2.45) is 5.41 Å². The highest BCUT2D eigenvalue weighted by molar-refractivity contribution is 6.63. The minimum Gasteiger partial charge on any atom is -0.464 e. The average Bonchev–Trinajstić information content (AvgIpc) is 3.17. The normalized spacial score (nSPS) is 18.7. The molecule has 0 N–H and O–H groups in total. The number of rotatable bonds is 7. The summed E-state index contributed by atoms with van der Waals surface area (Å²) in [5, 5.41) is 0.887. The van der Waals surface area contributed by atoms with E-state index in [4.69, 9.17) is 9.15 Å². The first-order valence-corrected chi connectivity index (χ1v) is 10.1. The molecule has 0 saturated carbocycles. The molecular formula is C22H25N3O5. The number of fused-ring (bicyclic) bond motifs is 1. The standard InChI is InChI=1S/C22H25N3O5/c1-3-22(20(27)19(24-23)21(28)29-4-2)10-7-11-25(14-22)18(26)12-15-13-30-17-9-6-5-8-16(15)17/h5-6,8-9,13H,3-4,7,10-12,14H2,1-2H3/t22-/m0/s1. The summed E-state index contributed by atoms with van der Waals surface area (Å²) in [6.07, 6.45) is 3.26. The van der Waals surface area contributed by atoms with Crippen LogP contribution in [-0.2, 0) is 25.5 Å². The maximum absolute atomic E-state index is 13.1. The number of nitrogens with zero attached hydrogens (tertiary/aromatic N) is 3. The minimum absolute atomic E-state index is 0.0630. The highest BCUT2D eigenvalue weighted by Gasteiger charge is 2.49. The van der Waals surface area contributed by atoms with E-state index < -0.39 is 22.9 Å². The van der Waals surface area contributed by atoms with Crippen molar-refractivity contribution < 1.29 is 28.3 Å². The van der Waals surface area contributed by atoms with Gasteiger partial charge in [-0.05, 0) is 32.3 Å². The maximum atomic E-state index is 13.1. The van der Waals surface area contributed by atoms with Crippen LogP contribution >= 0.6 is 0 Å². The summed E-state index contributed by atoms with van der Waals surface area (Å²) in [5.41, 5.74) is 9.16. The van der Waals surface area contributed by atoms with Gasteiger partial charge in [0.15, 0.2) is 0 Å². The van der Waals surface area contributed by atoms with Gasteiger partial charge in [0, 0.05) is 24.0 Å². The van der Waals surface area contributed by atoms with E-state index in [9.17, 15) is 19.9 Å². The number of carbonyl (C=O) groups excluding carboxylic acids is 3. The smallest absolute Gasteiger partial charge is 0.442 e. The zero-order valence-electron chi connectivity index (χ0n) is 17.2. The number of benzene rings is 1. The Morgan fingerprint density at radius 3 is 2.73 bits per heavy atom. The molecule has 0 unspecified atom stereocenters. The van der Waals surface area contributed by atoms with E-state index in [1.165, 1.54) is 0 Å². The number of furan rings is 1. The van der Waals surface area contributed by atoms with Gasteiger partial charge in [0.2, 0.25) is 5.91 Å². The van der Waals surface area contributed by atoms with Crippen molar-refractivity contribution >= 4 is 34.3 Å². The molecule has 1 aromatic heterocycles. The van der Waals surface area contributed by atoms with E-state index >= 15 is 0 Å². The molecule has 1 saturated heterocycles. The number of piperidine rings is 1. The van der Waals surface area contributed by atoms with Crippen LogP contribution in [0.15, 0.2) is 34.9 Å². The predicted molar refractivity (Wildman–Crippen MR) is 109 cm³/mol. The van der Waals surface area contributed by atoms with E-state index in [1.54, 1.807) is 18.1 Å². The monoisotopic (exact) mass is 411 g/mol. The molecule has 8 heteroatoms. The van der Waals surface area contributed by atoms with E-state index in [-0.39, 0.29) is 25.5 Å². The molecule has 1 amide bonds. The molecule has 1 aliphatic heterocycles. The largest absolute Gasteiger partial charge is 0.464 e. The molecule has 1 fully saturated rings. The van der Waals surface area contributed by atoms with Crippen molar-refractivity contribution in [3.8, 4) is 0 Å². The lowest BCUT2D eigenvalue weighted by Gasteiger charge is -2.40. The van der Waals surface area contributed by atoms with Gasteiger partial charge in [0.1, 0.15) is 5.58 Å². The van der Waals surface area contributed by atoms with E-state index in [2.05, 4.69) is 4.79 Å². The lowest BCUT2D eigenvalue weighted by atomic mass is 9.72. The first-order chi connectivity index (χ1) is 14.5. The van der Waals surface area contributed by atoms with Gasteiger partial charge < -0.3 is 19.6 Å². The Morgan fingerprint density at radius 1 is 1.27 bits per heavy atom. The van der Waals surface area contributed by atoms with Crippen LogP contribution in [0.3, 0.4) is 0 Å². The van der Waals surface area contributed by atoms with Gasteiger partial charge in [-0.15, -0.1) is 0 Å². The zero-order valence-corrected chi connectivity index (χ0v) is 17.2. The number of likely N-dealkylation sites (tertiary alicyclic amines) is 1. The number of hydrogen-bond donors (Lipinski definition) is 0. The maximum Gasteiger partial charge on any atom is 0.442 e. The quantitative estimate of drug-likeness (QED) is 0.229. The zero-order chi connectivity index (χ0) is 21.7. The summed E-state index contributed by atoms with van der Waals surface area (Å²) in [7, 11) is 0. The van der Waals surface area contributed by atoms with Gasteiger partial charge >= 0.3 is 11.7 Å². The van der Waals surface area contributed by atoms with E-state index in [0.29, 0.717) is 25.8 Å². The van der Waals surface area contributed by atoms with Crippen LogP contribution in [0, 0.1) is 5.41 Å². The molecule has 158 valence electrons. The Hall–Kier alpha value is -3.25. The van der Waals surface area contributed by atoms with Crippen LogP contribution in [0.1, 0.15) is 38.7 Å². The fourth-order valence-corrected chi connectivity index (χ4v) is 4.05. The number of esters is 1. The lowest BCUT2D eigenvalue weighted by molar-refractivity contribution is -0.145.